The summed E-state index contributed by atoms with van der Waals surface area (Å²) in [5, 5.41) is 14.5. The van der Waals surface area contributed by atoms with Gasteiger partial charge in [0.1, 0.15) is 11.5 Å². The van der Waals surface area contributed by atoms with Crippen LogP contribution in [-0.2, 0) is 16.6 Å². The predicted molar refractivity (Wildman–Crippen MR) is 101 cm³/mol. The fourth-order valence-corrected chi connectivity index (χ4v) is 3.14. The molecule has 1 aromatic carbocycles. The second-order valence-electron chi connectivity index (χ2n) is 6.26. The van der Waals surface area contributed by atoms with Gasteiger partial charge < -0.3 is 14.6 Å². The molecule has 1 N–H and O–H groups in total. The number of carbonyl (C=O) groups excluding carboxylic acids is 1. The molecule has 0 radical (unpaired) electrons. The van der Waals surface area contributed by atoms with Gasteiger partial charge in [-0.3, -0.25) is 0 Å². The third kappa shape index (κ3) is 3.93. The van der Waals surface area contributed by atoms with Crippen LogP contribution in [-0.4, -0.2) is 27.5 Å². The Morgan fingerprint density at radius 1 is 1.46 bits per heavy atom. The van der Waals surface area contributed by atoms with Crippen molar-refractivity contribution in [3.8, 4) is 17.4 Å². The van der Waals surface area contributed by atoms with E-state index in [2.05, 4.69) is 21.0 Å². The lowest BCUT2D eigenvalue weighted by molar-refractivity contribution is -0.137. The average molecular weight is 421 g/mol. The summed E-state index contributed by atoms with van der Waals surface area (Å²) in [5.41, 5.74) is 2.55. The van der Waals surface area contributed by atoms with Crippen LogP contribution in [0.25, 0.3) is 6.08 Å². The molecule has 0 aliphatic heterocycles. The lowest BCUT2D eigenvalue weighted by atomic mass is 10.1. The van der Waals surface area contributed by atoms with E-state index >= 15 is 0 Å². The molecule has 0 amide bonds. The Labute approximate surface area is 160 Å². The molecule has 1 fully saturated rings. The number of rotatable bonds is 6. The number of carbonyl (C=O) groups is 1. The highest BCUT2D eigenvalue weighted by atomic mass is 79.9. The van der Waals surface area contributed by atoms with Crippen LogP contribution in [0.2, 0.25) is 0 Å². The molecular formula is C19H21BrN2O4. The minimum absolute atomic E-state index is 0.0961. The van der Waals surface area contributed by atoms with Crippen molar-refractivity contribution in [1.29, 1.82) is 0 Å². The van der Waals surface area contributed by atoms with Crippen molar-refractivity contribution in [2.24, 2.45) is 7.05 Å². The van der Waals surface area contributed by atoms with Crippen molar-refractivity contribution < 1.29 is 19.4 Å². The number of hydrogen-bond acceptors (Lipinski definition) is 5. The van der Waals surface area contributed by atoms with Crippen molar-refractivity contribution in [3.63, 3.8) is 0 Å². The zero-order valence-corrected chi connectivity index (χ0v) is 16.5. The van der Waals surface area contributed by atoms with Crippen molar-refractivity contribution >= 4 is 28.0 Å². The van der Waals surface area contributed by atoms with Crippen LogP contribution in [0.3, 0.4) is 0 Å². The van der Waals surface area contributed by atoms with Crippen LogP contribution in [0.15, 0.2) is 22.7 Å². The Morgan fingerprint density at radius 3 is 2.85 bits per heavy atom. The number of nitrogens with zero attached hydrogens (tertiary/aromatic N) is 2. The van der Waals surface area contributed by atoms with Crippen molar-refractivity contribution in [1.82, 2.24) is 9.78 Å². The number of aryl methyl sites for hydroxylation is 2. The summed E-state index contributed by atoms with van der Waals surface area (Å²) in [4.78, 5) is 11.7. The van der Waals surface area contributed by atoms with E-state index in [4.69, 9.17) is 9.47 Å². The van der Waals surface area contributed by atoms with Crippen molar-refractivity contribution in [2.45, 2.75) is 32.6 Å². The molecule has 0 saturated heterocycles. The van der Waals surface area contributed by atoms with Gasteiger partial charge in [0.05, 0.1) is 22.3 Å². The summed E-state index contributed by atoms with van der Waals surface area (Å²) in [5.74, 6) is 1.14. The molecule has 0 atom stereocenters. The number of halogens is 1. The largest absolute Gasteiger partial charge is 0.507 e. The molecule has 26 heavy (non-hydrogen) atoms. The molecule has 138 valence electrons. The highest BCUT2D eigenvalue weighted by molar-refractivity contribution is 9.10. The molecule has 0 bridgehead atoms. The van der Waals surface area contributed by atoms with Gasteiger partial charge in [-0.1, -0.05) is 0 Å². The number of phenolic OH excluding ortho intramolecular Hbond substituents is 1. The Bertz CT molecular complexity index is 869. The summed E-state index contributed by atoms with van der Waals surface area (Å²) in [7, 11) is 1.80. The van der Waals surface area contributed by atoms with Gasteiger partial charge in [-0.05, 0) is 60.3 Å². The van der Waals surface area contributed by atoms with Gasteiger partial charge >= 0.3 is 5.97 Å². The fourth-order valence-electron chi connectivity index (χ4n) is 2.68. The number of esters is 1. The molecule has 1 saturated carbocycles. The normalized spacial score (nSPS) is 14.0. The molecule has 1 aliphatic carbocycles. The van der Waals surface area contributed by atoms with Crippen LogP contribution in [0.1, 0.15) is 42.5 Å². The van der Waals surface area contributed by atoms with E-state index in [-0.39, 0.29) is 5.75 Å². The number of ether oxygens (including phenoxy) is 2. The Morgan fingerprint density at radius 2 is 2.19 bits per heavy atom. The summed E-state index contributed by atoms with van der Waals surface area (Å²) < 4.78 is 13.3. The summed E-state index contributed by atoms with van der Waals surface area (Å²) in [6.07, 6.45) is 5.25. The zero-order chi connectivity index (χ0) is 18.8. The van der Waals surface area contributed by atoms with Gasteiger partial charge in [0, 0.05) is 25.1 Å². The number of hydrogen-bond donors (Lipinski definition) is 1. The molecule has 1 aromatic heterocycles. The van der Waals surface area contributed by atoms with E-state index in [0.717, 1.165) is 29.7 Å². The maximum absolute atomic E-state index is 11.7. The first-order valence-electron chi connectivity index (χ1n) is 8.49. The molecule has 1 aliphatic rings. The topological polar surface area (TPSA) is 73.6 Å². The van der Waals surface area contributed by atoms with E-state index in [1.807, 2.05) is 6.92 Å². The van der Waals surface area contributed by atoms with Crippen LogP contribution in [0.5, 0.6) is 17.4 Å². The molecule has 1 heterocycles. The second kappa shape index (κ2) is 7.53. The predicted octanol–water partition coefficient (Wildman–Crippen LogP) is 4.44. The van der Waals surface area contributed by atoms with Crippen LogP contribution >= 0.6 is 15.9 Å². The Balaban J connectivity index is 1.98. The van der Waals surface area contributed by atoms with Gasteiger partial charge in [-0.25, -0.2) is 9.48 Å². The smallest absolute Gasteiger partial charge is 0.330 e. The summed E-state index contributed by atoms with van der Waals surface area (Å²) in [6, 6.07) is 3.35. The van der Waals surface area contributed by atoms with Gasteiger partial charge in [0.2, 0.25) is 5.88 Å². The molecule has 3 rings (SSSR count). The number of aromatic nitrogens is 2. The first-order chi connectivity index (χ1) is 12.4. The van der Waals surface area contributed by atoms with Crippen LogP contribution < -0.4 is 4.74 Å². The number of phenols is 1. The minimum Gasteiger partial charge on any atom is -0.507 e. The summed E-state index contributed by atoms with van der Waals surface area (Å²) >= 11 is 3.30. The highest BCUT2D eigenvalue weighted by Gasteiger charge is 2.31. The molecule has 0 unspecified atom stereocenters. The monoisotopic (exact) mass is 420 g/mol. The molecular weight excluding hydrogens is 400 g/mol. The lowest BCUT2D eigenvalue weighted by Gasteiger charge is -2.11. The van der Waals surface area contributed by atoms with E-state index < -0.39 is 5.97 Å². The maximum atomic E-state index is 11.7. The fraction of sp³-hybridized carbons (Fsp3) is 0.368. The van der Waals surface area contributed by atoms with Crippen molar-refractivity contribution in [2.75, 3.05) is 6.61 Å². The van der Waals surface area contributed by atoms with E-state index in [1.165, 1.54) is 6.08 Å². The van der Waals surface area contributed by atoms with E-state index in [9.17, 15) is 9.90 Å². The summed E-state index contributed by atoms with van der Waals surface area (Å²) in [6.45, 7) is 3.99. The average Bonchev–Trinajstić information content (AvgIpc) is 3.37. The van der Waals surface area contributed by atoms with Gasteiger partial charge in [0.15, 0.2) is 0 Å². The third-order valence-electron chi connectivity index (χ3n) is 4.15. The van der Waals surface area contributed by atoms with Gasteiger partial charge in [0.25, 0.3) is 0 Å². The molecule has 0 spiro atoms. The highest BCUT2D eigenvalue weighted by Crippen LogP contribution is 2.44. The minimum atomic E-state index is -0.401. The standard InChI is InChI=1S/C19H21BrN2O4/c1-4-25-17(24)8-7-13-18(12-5-6-12)21-22(3)19(13)26-16-10-15(23)14(20)9-11(16)2/h7-10,12,23H,4-6H2,1-3H3. The first-order valence-corrected chi connectivity index (χ1v) is 9.28. The zero-order valence-electron chi connectivity index (χ0n) is 15.0. The molecule has 6 nitrogen and oxygen atoms in total. The van der Waals surface area contributed by atoms with Crippen LogP contribution in [0.4, 0.5) is 0 Å². The molecule has 7 heteroatoms. The quantitative estimate of drug-likeness (QED) is 0.552. The SMILES string of the molecule is CCOC(=O)C=Cc1c(C2CC2)nn(C)c1Oc1cc(O)c(Br)cc1C. The maximum Gasteiger partial charge on any atom is 0.330 e. The van der Waals surface area contributed by atoms with E-state index in [0.29, 0.717) is 28.6 Å². The van der Waals surface area contributed by atoms with Gasteiger partial charge in [-0.2, -0.15) is 5.10 Å². The third-order valence-corrected chi connectivity index (χ3v) is 4.78. The van der Waals surface area contributed by atoms with Gasteiger partial charge in [-0.15, -0.1) is 0 Å². The number of aromatic hydroxyl groups is 1. The Hall–Kier alpha value is -2.28. The molecule has 2 aromatic rings. The lowest BCUT2D eigenvalue weighted by Crippen LogP contribution is -1.99. The second-order valence-corrected chi connectivity index (χ2v) is 7.11. The van der Waals surface area contributed by atoms with Crippen molar-refractivity contribution in [3.05, 3.63) is 39.5 Å². The number of benzene rings is 1. The van der Waals surface area contributed by atoms with Crippen LogP contribution in [0, 0.1) is 6.92 Å². The van der Waals surface area contributed by atoms with E-state index in [1.54, 1.807) is 36.9 Å². The first kappa shape index (κ1) is 18.5. The Kier molecular flexibility index (Phi) is 5.36.